The van der Waals surface area contributed by atoms with Crippen molar-refractivity contribution in [3.8, 4) is 0 Å². The standard InChI is InChI=1S/C19H28N6S/c1-4-20-19(23-13-18-24-14(2)15(3)26-18)22-12-16-7-8-17(21-11-16)25-9-5-6-10-25/h7-8,11H,4-6,9-10,12-13H2,1-3H3,(H2,20,22,23). The molecule has 0 aliphatic carbocycles. The summed E-state index contributed by atoms with van der Waals surface area (Å²) >= 11 is 1.73. The van der Waals surface area contributed by atoms with Gasteiger partial charge in [0.25, 0.3) is 0 Å². The number of hydrogen-bond acceptors (Lipinski definition) is 5. The van der Waals surface area contributed by atoms with E-state index in [1.807, 2.05) is 13.1 Å². The van der Waals surface area contributed by atoms with Gasteiger partial charge in [0, 0.05) is 30.7 Å². The van der Waals surface area contributed by atoms with Crippen LogP contribution in [0.1, 0.15) is 40.9 Å². The number of aromatic nitrogens is 2. The fourth-order valence-electron chi connectivity index (χ4n) is 2.93. The molecular formula is C19H28N6S. The van der Waals surface area contributed by atoms with Gasteiger partial charge in [-0.2, -0.15) is 0 Å². The summed E-state index contributed by atoms with van der Waals surface area (Å²) < 4.78 is 0. The molecule has 6 nitrogen and oxygen atoms in total. The maximum absolute atomic E-state index is 4.67. The molecule has 0 bridgehead atoms. The zero-order chi connectivity index (χ0) is 18.4. The highest BCUT2D eigenvalue weighted by Crippen LogP contribution is 2.18. The van der Waals surface area contributed by atoms with Gasteiger partial charge in [-0.05, 0) is 45.2 Å². The molecule has 2 aromatic rings. The third-order valence-corrected chi connectivity index (χ3v) is 5.56. The van der Waals surface area contributed by atoms with Crippen LogP contribution >= 0.6 is 11.3 Å². The lowest BCUT2D eigenvalue weighted by Crippen LogP contribution is -2.36. The van der Waals surface area contributed by atoms with Gasteiger partial charge in [-0.15, -0.1) is 11.3 Å². The molecule has 0 spiro atoms. The maximum Gasteiger partial charge on any atom is 0.191 e. The van der Waals surface area contributed by atoms with E-state index < -0.39 is 0 Å². The van der Waals surface area contributed by atoms with E-state index in [2.05, 4.69) is 56.5 Å². The first-order valence-electron chi connectivity index (χ1n) is 9.30. The highest BCUT2D eigenvalue weighted by Gasteiger charge is 2.12. The van der Waals surface area contributed by atoms with Gasteiger partial charge in [0.15, 0.2) is 5.96 Å². The normalized spacial score (nSPS) is 14.7. The van der Waals surface area contributed by atoms with Crippen molar-refractivity contribution in [2.24, 2.45) is 4.99 Å². The third-order valence-electron chi connectivity index (χ3n) is 4.48. The Morgan fingerprint density at radius 3 is 2.65 bits per heavy atom. The van der Waals surface area contributed by atoms with Crippen molar-refractivity contribution in [1.82, 2.24) is 20.6 Å². The van der Waals surface area contributed by atoms with Crippen LogP contribution in [0.5, 0.6) is 0 Å². The Hall–Kier alpha value is -2.15. The third kappa shape index (κ3) is 4.94. The highest BCUT2D eigenvalue weighted by atomic mass is 32.1. The van der Waals surface area contributed by atoms with Crippen molar-refractivity contribution in [3.05, 3.63) is 39.5 Å². The summed E-state index contributed by atoms with van der Waals surface area (Å²) in [7, 11) is 0. The predicted molar refractivity (Wildman–Crippen MR) is 109 cm³/mol. The molecule has 0 amide bonds. The smallest absolute Gasteiger partial charge is 0.191 e. The molecule has 26 heavy (non-hydrogen) atoms. The highest BCUT2D eigenvalue weighted by molar-refractivity contribution is 7.11. The van der Waals surface area contributed by atoms with Crippen molar-refractivity contribution in [2.45, 2.75) is 46.7 Å². The van der Waals surface area contributed by atoms with Gasteiger partial charge in [-0.1, -0.05) is 6.07 Å². The van der Waals surface area contributed by atoms with E-state index in [-0.39, 0.29) is 0 Å². The average Bonchev–Trinajstić information content (AvgIpc) is 3.28. The van der Waals surface area contributed by atoms with Gasteiger partial charge in [-0.3, -0.25) is 0 Å². The number of pyridine rings is 1. The summed E-state index contributed by atoms with van der Waals surface area (Å²) in [5.41, 5.74) is 2.23. The van der Waals surface area contributed by atoms with Crippen molar-refractivity contribution in [3.63, 3.8) is 0 Å². The first-order chi connectivity index (χ1) is 12.7. The summed E-state index contributed by atoms with van der Waals surface area (Å²) in [4.78, 5) is 17.5. The number of rotatable bonds is 6. The van der Waals surface area contributed by atoms with E-state index in [4.69, 9.17) is 0 Å². The summed E-state index contributed by atoms with van der Waals surface area (Å²) in [6.45, 7) is 10.6. The van der Waals surface area contributed by atoms with Crippen LogP contribution in [0.3, 0.4) is 0 Å². The van der Waals surface area contributed by atoms with E-state index in [0.29, 0.717) is 13.1 Å². The van der Waals surface area contributed by atoms with Crippen LogP contribution in [-0.2, 0) is 13.1 Å². The Bertz CT molecular complexity index is 711. The molecule has 0 aromatic carbocycles. The molecule has 0 saturated carbocycles. The number of hydrogen-bond donors (Lipinski definition) is 2. The zero-order valence-corrected chi connectivity index (χ0v) is 16.7. The average molecular weight is 373 g/mol. The molecule has 0 atom stereocenters. The quantitative estimate of drug-likeness (QED) is 0.603. The number of thiazole rings is 1. The molecule has 1 aliphatic heterocycles. The first-order valence-corrected chi connectivity index (χ1v) is 10.1. The Morgan fingerprint density at radius 2 is 2.04 bits per heavy atom. The monoisotopic (exact) mass is 372 g/mol. The van der Waals surface area contributed by atoms with Gasteiger partial charge < -0.3 is 15.5 Å². The summed E-state index contributed by atoms with van der Waals surface area (Å²) in [5.74, 6) is 1.89. The van der Waals surface area contributed by atoms with Crippen LogP contribution in [0.25, 0.3) is 0 Å². The second kappa shape index (κ2) is 8.98. The number of anilines is 1. The van der Waals surface area contributed by atoms with Crippen LogP contribution in [0.4, 0.5) is 5.82 Å². The van der Waals surface area contributed by atoms with E-state index >= 15 is 0 Å². The molecule has 2 N–H and O–H groups in total. The second-order valence-electron chi connectivity index (χ2n) is 6.52. The first kappa shape index (κ1) is 18.6. The number of nitrogens with zero attached hydrogens (tertiary/aromatic N) is 4. The van der Waals surface area contributed by atoms with Gasteiger partial charge in [-0.25, -0.2) is 15.0 Å². The molecule has 3 heterocycles. The van der Waals surface area contributed by atoms with Gasteiger partial charge in [0.2, 0.25) is 0 Å². The minimum Gasteiger partial charge on any atom is -0.357 e. The van der Waals surface area contributed by atoms with Crippen LogP contribution in [0.2, 0.25) is 0 Å². The molecule has 1 saturated heterocycles. The lowest BCUT2D eigenvalue weighted by molar-refractivity contribution is 0.809. The summed E-state index contributed by atoms with van der Waals surface area (Å²) in [6.07, 6.45) is 4.47. The maximum atomic E-state index is 4.67. The van der Waals surface area contributed by atoms with Crippen LogP contribution in [0, 0.1) is 13.8 Å². The number of guanidine groups is 1. The lowest BCUT2D eigenvalue weighted by atomic mass is 10.3. The van der Waals surface area contributed by atoms with Gasteiger partial charge in [0.1, 0.15) is 10.8 Å². The molecule has 3 rings (SSSR count). The molecule has 140 valence electrons. The fourth-order valence-corrected chi connectivity index (χ4v) is 3.80. The molecule has 1 aliphatic rings. The van der Waals surface area contributed by atoms with Crippen LogP contribution in [0.15, 0.2) is 23.3 Å². The van der Waals surface area contributed by atoms with E-state index in [1.165, 1.54) is 17.7 Å². The summed E-state index contributed by atoms with van der Waals surface area (Å²) in [6, 6.07) is 4.24. The molecule has 1 fully saturated rings. The second-order valence-corrected chi connectivity index (χ2v) is 7.80. The number of aryl methyl sites for hydroxylation is 2. The van der Waals surface area contributed by atoms with E-state index in [1.54, 1.807) is 11.3 Å². The van der Waals surface area contributed by atoms with Crippen LogP contribution < -0.4 is 15.5 Å². The summed E-state index contributed by atoms with van der Waals surface area (Å²) in [5, 5.41) is 7.74. The van der Waals surface area contributed by atoms with E-state index in [0.717, 1.165) is 47.7 Å². The van der Waals surface area contributed by atoms with Crippen molar-refractivity contribution in [2.75, 3.05) is 24.5 Å². The molecule has 0 unspecified atom stereocenters. The minimum absolute atomic E-state index is 0.610. The Labute approximate surface area is 159 Å². The van der Waals surface area contributed by atoms with Crippen molar-refractivity contribution in [1.29, 1.82) is 0 Å². The number of nitrogens with one attached hydrogen (secondary N) is 2. The zero-order valence-electron chi connectivity index (χ0n) is 15.9. The van der Waals surface area contributed by atoms with Crippen molar-refractivity contribution >= 4 is 23.1 Å². The lowest BCUT2D eigenvalue weighted by Gasteiger charge is -2.16. The Kier molecular flexibility index (Phi) is 6.44. The predicted octanol–water partition coefficient (Wildman–Crippen LogP) is 3.01. The SMILES string of the molecule is CCNC(=NCc1ccc(N2CCCC2)nc1)NCc1nc(C)c(C)s1. The molecular weight excluding hydrogens is 344 g/mol. The fraction of sp³-hybridized carbons (Fsp3) is 0.526. The van der Waals surface area contributed by atoms with E-state index in [9.17, 15) is 0 Å². The van der Waals surface area contributed by atoms with Gasteiger partial charge >= 0.3 is 0 Å². The number of aliphatic imine (C=N–C) groups is 1. The molecule has 2 aromatic heterocycles. The molecule has 7 heteroatoms. The Morgan fingerprint density at radius 1 is 1.23 bits per heavy atom. The molecule has 0 radical (unpaired) electrons. The van der Waals surface area contributed by atoms with Crippen molar-refractivity contribution < 1.29 is 0 Å². The minimum atomic E-state index is 0.610. The Balaban J connectivity index is 1.57. The van der Waals surface area contributed by atoms with Gasteiger partial charge in [0.05, 0.1) is 18.8 Å². The largest absolute Gasteiger partial charge is 0.357 e. The topological polar surface area (TPSA) is 65.4 Å². The van der Waals surface area contributed by atoms with Crippen LogP contribution in [-0.4, -0.2) is 35.6 Å².